The van der Waals surface area contributed by atoms with Gasteiger partial charge in [0.15, 0.2) is 0 Å². The molecule has 0 aliphatic rings. The molecule has 0 bridgehead atoms. The summed E-state index contributed by atoms with van der Waals surface area (Å²) in [6.45, 7) is 0. The van der Waals surface area contributed by atoms with Crippen molar-refractivity contribution in [3.05, 3.63) is 72.1 Å². The van der Waals surface area contributed by atoms with Gasteiger partial charge in [0.05, 0.1) is 12.8 Å². The molecule has 0 fully saturated rings. The highest BCUT2D eigenvalue weighted by Gasteiger charge is 2.21. The van der Waals surface area contributed by atoms with Gasteiger partial charge in [0.25, 0.3) is 15.9 Å². The number of nitrogens with zero attached hydrogens (tertiary/aromatic N) is 2. The Kier molecular flexibility index (Phi) is 5.38. The van der Waals surface area contributed by atoms with Crippen LogP contribution < -0.4 is 15.0 Å². The molecule has 0 aliphatic carbocycles. The lowest BCUT2D eigenvalue weighted by Gasteiger charge is -2.11. The van der Waals surface area contributed by atoms with Crippen LogP contribution >= 0.6 is 0 Å². The predicted octanol–water partition coefficient (Wildman–Crippen LogP) is 1.78. The number of aromatic nitrogens is 2. The maximum Gasteiger partial charge on any atom is 0.266 e. The van der Waals surface area contributed by atoms with Crippen molar-refractivity contribution in [2.75, 3.05) is 7.11 Å². The number of sulfonamides is 1. The summed E-state index contributed by atoms with van der Waals surface area (Å²) in [4.78, 5) is 13.3. The number of carbonyl (C=O) groups excluding carboxylic acids is 1. The van der Waals surface area contributed by atoms with E-state index in [0.29, 0.717) is 0 Å². The normalized spacial score (nSPS) is 11.2. The molecular weight excluding hydrogens is 394 g/mol. The number of hydrogen-bond donors (Lipinski definition) is 2. The van der Waals surface area contributed by atoms with Crippen LogP contribution in [0.15, 0.2) is 59.8 Å². The molecule has 3 aromatic rings. The highest BCUT2D eigenvalue weighted by Crippen LogP contribution is 2.20. The smallest absolute Gasteiger partial charge is 0.266 e. The van der Waals surface area contributed by atoms with E-state index in [0.717, 1.165) is 24.3 Å². The molecule has 0 atom stereocenters. The Morgan fingerprint density at radius 1 is 1.18 bits per heavy atom. The van der Waals surface area contributed by atoms with E-state index in [-0.39, 0.29) is 17.0 Å². The Hall–Kier alpha value is -3.31. The molecule has 2 aromatic carbocycles. The third-order valence-corrected chi connectivity index (χ3v) is 4.92. The van der Waals surface area contributed by atoms with Crippen molar-refractivity contribution in [3.63, 3.8) is 0 Å². The first-order chi connectivity index (χ1) is 13.3. The van der Waals surface area contributed by atoms with Crippen molar-refractivity contribution in [3.8, 4) is 11.4 Å². The van der Waals surface area contributed by atoms with Gasteiger partial charge >= 0.3 is 0 Å². The van der Waals surface area contributed by atoms with Crippen LogP contribution in [0.3, 0.4) is 0 Å². The van der Waals surface area contributed by atoms with Crippen molar-refractivity contribution in [2.24, 2.45) is 0 Å². The summed E-state index contributed by atoms with van der Waals surface area (Å²) in [6, 6.07) is 8.13. The maximum absolute atomic E-state index is 14.0. The zero-order valence-electron chi connectivity index (χ0n) is 14.4. The molecule has 146 valence electrons. The molecule has 28 heavy (non-hydrogen) atoms. The highest BCUT2D eigenvalue weighted by atomic mass is 32.2. The lowest BCUT2D eigenvalue weighted by atomic mass is 10.2. The number of hydrazine groups is 1. The van der Waals surface area contributed by atoms with Crippen LogP contribution in [0.5, 0.6) is 5.75 Å². The second-order valence-electron chi connectivity index (χ2n) is 5.50. The van der Waals surface area contributed by atoms with E-state index in [9.17, 15) is 22.0 Å². The fourth-order valence-electron chi connectivity index (χ4n) is 2.33. The monoisotopic (exact) mass is 408 g/mol. The number of amides is 1. The van der Waals surface area contributed by atoms with E-state index in [4.69, 9.17) is 4.74 Å². The lowest BCUT2D eigenvalue weighted by molar-refractivity contribution is 0.0944. The van der Waals surface area contributed by atoms with Gasteiger partial charge in [0.1, 0.15) is 22.3 Å². The second kappa shape index (κ2) is 7.74. The minimum atomic E-state index is -4.41. The summed E-state index contributed by atoms with van der Waals surface area (Å²) < 4.78 is 58.4. The number of hydrogen-bond acceptors (Lipinski definition) is 5. The number of nitrogens with one attached hydrogen (secondary N) is 2. The lowest BCUT2D eigenvalue weighted by Crippen LogP contribution is -2.41. The van der Waals surface area contributed by atoms with Crippen LogP contribution in [-0.2, 0) is 10.0 Å². The van der Waals surface area contributed by atoms with E-state index in [1.54, 1.807) is 17.1 Å². The number of carbonyl (C=O) groups is 1. The molecule has 0 aliphatic heterocycles. The maximum atomic E-state index is 14.0. The fraction of sp³-hybridized carbons (Fsp3) is 0.0588. The summed E-state index contributed by atoms with van der Waals surface area (Å²) in [7, 11) is -3.10. The summed E-state index contributed by atoms with van der Waals surface area (Å²) in [5.74, 6) is -2.59. The molecule has 11 heteroatoms. The van der Waals surface area contributed by atoms with Gasteiger partial charge < -0.3 is 4.74 Å². The number of methoxy groups -OCH3 is 1. The van der Waals surface area contributed by atoms with Crippen molar-refractivity contribution in [1.29, 1.82) is 0 Å². The first kappa shape index (κ1) is 19.5. The summed E-state index contributed by atoms with van der Waals surface area (Å²) in [5.41, 5.74) is 2.02. The molecule has 3 rings (SSSR count). The molecular formula is C17H14F2N4O4S. The van der Waals surface area contributed by atoms with Gasteiger partial charge in [-0.2, -0.15) is 5.10 Å². The van der Waals surface area contributed by atoms with Gasteiger partial charge in [-0.15, -0.1) is 4.83 Å². The van der Waals surface area contributed by atoms with Crippen LogP contribution in [0.25, 0.3) is 5.69 Å². The van der Waals surface area contributed by atoms with Gasteiger partial charge in [0, 0.05) is 24.0 Å². The fourth-order valence-corrected chi connectivity index (χ4v) is 3.23. The summed E-state index contributed by atoms with van der Waals surface area (Å²) in [6.07, 6.45) is 3.02. The minimum Gasteiger partial charge on any atom is -0.497 e. The SMILES string of the molecule is COc1ccc(S(=O)(=O)NNC(=O)c2cc(F)cc(-n3cccn3)c2)c(F)c1. The van der Waals surface area contributed by atoms with Crippen LogP contribution in [0.4, 0.5) is 8.78 Å². The van der Waals surface area contributed by atoms with Gasteiger partial charge in [-0.1, -0.05) is 0 Å². The molecule has 1 aromatic heterocycles. The second-order valence-corrected chi connectivity index (χ2v) is 7.16. The standard InChI is InChI=1S/C17H14F2N4O4S/c1-27-14-3-4-16(15(19)10-14)28(25,26)22-21-17(24)11-7-12(18)9-13(8-11)23-6-2-5-20-23/h2-10,22H,1H3,(H,21,24). The molecule has 0 spiro atoms. The van der Waals surface area contributed by atoms with E-state index >= 15 is 0 Å². The van der Waals surface area contributed by atoms with Crippen LogP contribution in [-0.4, -0.2) is 31.2 Å². The van der Waals surface area contributed by atoms with Gasteiger partial charge in [-0.3, -0.25) is 10.2 Å². The Morgan fingerprint density at radius 2 is 1.96 bits per heavy atom. The third kappa shape index (κ3) is 4.15. The van der Waals surface area contributed by atoms with Crippen LogP contribution in [0.2, 0.25) is 0 Å². The average Bonchev–Trinajstić information content (AvgIpc) is 3.20. The Morgan fingerprint density at radius 3 is 2.61 bits per heavy atom. The number of benzene rings is 2. The van der Waals surface area contributed by atoms with Crippen molar-refractivity contribution >= 4 is 15.9 Å². The predicted molar refractivity (Wildman–Crippen MR) is 94.3 cm³/mol. The van der Waals surface area contributed by atoms with Crippen LogP contribution in [0, 0.1) is 11.6 Å². The summed E-state index contributed by atoms with van der Waals surface area (Å²) in [5, 5.41) is 3.93. The first-order valence-corrected chi connectivity index (χ1v) is 9.25. The number of ether oxygens (including phenoxy) is 1. The van der Waals surface area contributed by atoms with Gasteiger partial charge in [-0.25, -0.2) is 21.9 Å². The van der Waals surface area contributed by atoms with Gasteiger partial charge in [-0.05, 0) is 36.4 Å². The molecule has 0 radical (unpaired) electrons. The zero-order valence-corrected chi connectivity index (χ0v) is 15.2. The topological polar surface area (TPSA) is 102 Å². The largest absolute Gasteiger partial charge is 0.497 e. The van der Waals surface area contributed by atoms with E-state index in [1.165, 1.54) is 30.1 Å². The molecule has 0 saturated carbocycles. The zero-order chi connectivity index (χ0) is 20.3. The summed E-state index contributed by atoms with van der Waals surface area (Å²) >= 11 is 0. The number of rotatable bonds is 6. The number of halogens is 2. The third-order valence-electron chi connectivity index (χ3n) is 3.64. The van der Waals surface area contributed by atoms with Crippen molar-refractivity contribution < 1.29 is 26.7 Å². The van der Waals surface area contributed by atoms with Crippen molar-refractivity contribution in [2.45, 2.75) is 4.90 Å². The van der Waals surface area contributed by atoms with E-state index in [1.807, 2.05) is 5.43 Å². The van der Waals surface area contributed by atoms with E-state index in [2.05, 4.69) is 5.10 Å². The Balaban J connectivity index is 1.78. The van der Waals surface area contributed by atoms with E-state index < -0.39 is 32.5 Å². The quantitative estimate of drug-likeness (QED) is 0.606. The molecule has 8 nitrogen and oxygen atoms in total. The van der Waals surface area contributed by atoms with Crippen molar-refractivity contribution in [1.82, 2.24) is 20.0 Å². The van der Waals surface area contributed by atoms with Gasteiger partial charge in [0.2, 0.25) is 0 Å². The molecule has 0 unspecified atom stereocenters. The van der Waals surface area contributed by atoms with Crippen LogP contribution in [0.1, 0.15) is 10.4 Å². The minimum absolute atomic E-state index is 0.131. The molecule has 0 saturated heterocycles. The molecule has 1 heterocycles. The molecule has 1 amide bonds. The highest BCUT2D eigenvalue weighted by molar-refractivity contribution is 7.89. The average molecular weight is 408 g/mol. The Bertz CT molecular complexity index is 1120. The Labute approximate surface area is 158 Å². The molecule has 2 N–H and O–H groups in total. The first-order valence-electron chi connectivity index (χ1n) is 7.76.